The van der Waals surface area contributed by atoms with E-state index in [-0.39, 0.29) is 11.6 Å². The lowest BCUT2D eigenvalue weighted by Gasteiger charge is -2.03. The van der Waals surface area contributed by atoms with Crippen LogP contribution in [0, 0.1) is 0 Å². The van der Waals surface area contributed by atoms with Gasteiger partial charge in [-0.25, -0.2) is 0 Å². The Morgan fingerprint density at radius 3 is 2.74 bits per heavy atom. The molecule has 0 saturated heterocycles. The van der Waals surface area contributed by atoms with Crippen molar-refractivity contribution in [1.29, 1.82) is 0 Å². The molecule has 0 fully saturated rings. The lowest BCUT2D eigenvalue weighted by Crippen LogP contribution is -2.12. The SMILES string of the molecule is CCc1ccc(NC(=O)c2cn(CCN)nn2)cc1. The molecule has 2 aromatic rings. The fraction of sp³-hybridized carbons (Fsp3) is 0.308. The third kappa shape index (κ3) is 3.38. The number of nitrogens with zero attached hydrogens (tertiary/aromatic N) is 3. The molecule has 0 aliphatic carbocycles. The molecule has 0 aliphatic rings. The van der Waals surface area contributed by atoms with Gasteiger partial charge < -0.3 is 11.1 Å². The minimum atomic E-state index is -0.271. The van der Waals surface area contributed by atoms with Crippen molar-refractivity contribution in [1.82, 2.24) is 15.0 Å². The molecule has 100 valence electrons. The van der Waals surface area contributed by atoms with Crippen molar-refractivity contribution >= 4 is 11.6 Å². The molecule has 6 nitrogen and oxygen atoms in total. The van der Waals surface area contributed by atoms with Crippen molar-refractivity contribution in [2.75, 3.05) is 11.9 Å². The number of nitrogens with one attached hydrogen (secondary N) is 1. The zero-order chi connectivity index (χ0) is 13.7. The molecule has 2 rings (SSSR count). The summed E-state index contributed by atoms with van der Waals surface area (Å²) in [7, 11) is 0. The molecule has 0 atom stereocenters. The molecule has 1 heterocycles. The van der Waals surface area contributed by atoms with Gasteiger partial charge in [0.25, 0.3) is 5.91 Å². The highest BCUT2D eigenvalue weighted by atomic mass is 16.2. The monoisotopic (exact) mass is 259 g/mol. The Morgan fingerprint density at radius 1 is 1.37 bits per heavy atom. The first-order valence-corrected chi connectivity index (χ1v) is 6.23. The molecular weight excluding hydrogens is 242 g/mol. The van der Waals surface area contributed by atoms with E-state index in [1.165, 1.54) is 5.56 Å². The molecule has 0 aliphatic heterocycles. The van der Waals surface area contributed by atoms with Gasteiger partial charge in [-0.3, -0.25) is 9.48 Å². The van der Waals surface area contributed by atoms with Crippen molar-refractivity contribution in [2.24, 2.45) is 5.73 Å². The molecule has 1 amide bonds. The van der Waals surface area contributed by atoms with E-state index in [1.54, 1.807) is 10.9 Å². The third-order valence-corrected chi connectivity index (χ3v) is 2.75. The van der Waals surface area contributed by atoms with Crippen LogP contribution in [-0.2, 0) is 13.0 Å². The molecule has 0 spiro atoms. The van der Waals surface area contributed by atoms with E-state index in [0.29, 0.717) is 13.1 Å². The van der Waals surface area contributed by atoms with Crippen molar-refractivity contribution in [3.63, 3.8) is 0 Å². The van der Waals surface area contributed by atoms with Crippen LogP contribution in [0.25, 0.3) is 0 Å². The van der Waals surface area contributed by atoms with Crippen LogP contribution in [-0.4, -0.2) is 27.4 Å². The van der Waals surface area contributed by atoms with Gasteiger partial charge in [-0.2, -0.15) is 0 Å². The van der Waals surface area contributed by atoms with Crippen molar-refractivity contribution < 1.29 is 4.79 Å². The fourth-order valence-electron chi connectivity index (χ4n) is 1.66. The molecule has 0 saturated carbocycles. The van der Waals surface area contributed by atoms with Crippen LogP contribution in [0.3, 0.4) is 0 Å². The second-order valence-electron chi connectivity index (χ2n) is 4.16. The van der Waals surface area contributed by atoms with Crippen molar-refractivity contribution in [3.05, 3.63) is 41.7 Å². The minimum absolute atomic E-state index is 0.271. The molecular formula is C13H17N5O. The first-order valence-electron chi connectivity index (χ1n) is 6.23. The normalized spacial score (nSPS) is 10.4. The maximum atomic E-state index is 11.9. The van der Waals surface area contributed by atoms with Crippen LogP contribution in [0.15, 0.2) is 30.5 Å². The Bertz CT molecular complexity index is 546. The lowest BCUT2D eigenvalue weighted by molar-refractivity contribution is 0.102. The molecule has 0 bridgehead atoms. The number of carbonyl (C=O) groups is 1. The van der Waals surface area contributed by atoms with Gasteiger partial charge in [-0.15, -0.1) is 5.10 Å². The maximum absolute atomic E-state index is 11.9. The summed E-state index contributed by atoms with van der Waals surface area (Å²) in [5.41, 5.74) is 7.67. The van der Waals surface area contributed by atoms with Gasteiger partial charge in [0, 0.05) is 12.2 Å². The Morgan fingerprint density at radius 2 is 2.11 bits per heavy atom. The summed E-state index contributed by atoms with van der Waals surface area (Å²) in [6.45, 7) is 3.09. The highest BCUT2D eigenvalue weighted by Crippen LogP contribution is 2.11. The number of benzene rings is 1. The highest BCUT2D eigenvalue weighted by molar-refractivity contribution is 6.02. The summed E-state index contributed by atoms with van der Waals surface area (Å²) in [6.07, 6.45) is 2.56. The highest BCUT2D eigenvalue weighted by Gasteiger charge is 2.10. The Hall–Kier alpha value is -2.21. The smallest absolute Gasteiger partial charge is 0.277 e. The Balaban J connectivity index is 2.02. The lowest BCUT2D eigenvalue weighted by atomic mass is 10.1. The second kappa shape index (κ2) is 6.10. The summed E-state index contributed by atoms with van der Waals surface area (Å²) in [5, 5.41) is 10.4. The average Bonchev–Trinajstić information content (AvgIpc) is 2.89. The van der Waals surface area contributed by atoms with Gasteiger partial charge in [0.1, 0.15) is 0 Å². The molecule has 1 aromatic heterocycles. The van der Waals surface area contributed by atoms with Crippen molar-refractivity contribution in [2.45, 2.75) is 19.9 Å². The molecule has 1 aromatic carbocycles. The Labute approximate surface area is 111 Å². The number of rotatable bonds is 5. The van der Waals surface area contributed by atoms with Crippen molar-refractivity contribution in [3.8, 4) is 0 Å². The first-order chi connectivity index (χ1) is 9.22. The van der Waals surface area contributed by atoms with Crippen LogP contribution in [0.4, 0.5) is 5.69 Å². The van der Waals surface area contributed by atoms with E-state index in [2.05, 4.69) is 22.6 Å². The van der Waals surface area contributed by atoms with Crippen LogP contribution in [0.2, 0.25) is 0 Å². The van der Waals surface area contributed by atoms with Gasteiger partial charge in [0.05, 0.1) is 12.7 Å². The number of anilines is 1. The molecule has 0 radical (unpaired) electrons. The summed E-state index contributed by atoms with van der Waals surface area (Å²) in [4.78, 5) is 11.9. The van der Waals surface area contributed by atoms with Gasteiger partial charge >= 0.3 is 0 Å². The van der Waals surface area contributed by atoms with Crippen LogP contribution in [0.5, 0.6) is 0 Å². The summed E-state index contributed by atoms with van der Waals surface area (Å²) >= 11 is 0. The largest absolute Gasteiger partial charge is 0.329 e. The second-order valence-corrected chi connectivity index (χ2v) is 4.16. The van der Waals surface area contributed by atoms with E-state index in [0.717, 1.165) is 12.1 Å². The number of carbonyl (C=O) groups excluding carboxylic acids is 1. The summed E-state index contributed by atoms with van der Waals surface area (Å²) < 4.78 is 1.55. The minimum Gasteiger partial charge on any atom is -0.329 e. The number of aryl methyl sites for hydroxylation is 1. The quantitative estimate of drug-likeness (QED) is 0.840. The maximum Gasteiger partial charge on any atom is 0.277 e. The van der Waals surface area contributed by atoms with Gasteiger partial charge in [-0.1, -0.05) is 24.3 Å². The zero-order valence-corrected chi connectivity index (χ0v) is 10.8. The first kappa shape index (κ1) is 13.2. The average molecular weight is 259 g/mol. The van der Waals surface area contributed by atoms with Gasteiger partial charge in [0.2, 0.25) is 0 Å². The molecule has 6 heteroatoms. The van der Waals surface area contributed by atoms with Crippen LogP contribution in [0.1, 0.15) is 23.0 Å². The van der Waals surface area contributed by atoms with E-state index in [9.17, 15) is 4.79 Å². The fourth-order valence-corrected chi connectivity index (χ4v) is 1.66. The number of nitrogens with two attached hydrogens (primary N) is 1. The summed E-state index contributed by atoms with van der Waals surface area (Å²) in [5.74, 6) is -0.271. The van der Waals surface area contributed by atoms with E-state index < -0.39 is 0 Å². The summed E-state index contributed by atoms with van der Waals surface area (Å²) in [6, 6.07) is 7.73. The van der Waals surface area contributed by atoms with E-state index in [4.69, 9.17) is 5.73 Å². The number of amides is 1. The van der Waals surface area contributed by atoms with E-state index >= 15 is 0 Å². The van der Waals surface area contributed by atoms with Crippen LogP contribution < -0.4 is 11.1 Å². The van der Waals surface area contributed by atoms with Crippen LogP contribution >= 0.6 is 0 Å². The molecule has 3 N–H and O–H groups in total. The third-order valence-electron chi connectivity index (χ3n) is 2.75. The van der Waals surface area contributed by atoms with Gasteiger partial charge in [0.15, 0.2) is 5.69 Å². The van der Waals surface area contributed by atoms with Gasteiger partial charge in [-0.05, 0) is 24.1 Å². The Kier molecular flexibility index (Phi) is 4.25. The predicted molar refractivity (Wildman–Crippen MR) is 72.8 cm³/mol. The van der Waals surface area contributed by atoms with E-state index in [1.807, 2.05) is 24.3 Å². The standard InChI is InChI=1S/C13H17N5O/c1-2-10-3-5-11(6-4-10)15-13(19)12-9-18(8-7-14)17-16-12/h3-6,9H,2,7-8,14H2,1H3,(H,15,19). The number of hydrogen-bond acceptors (Lipinski definition) is 4. The zero-order valence-electron chi connectivity index (χ0n) is 10.8. The number of aromatic nitrogens is 3. The predicted octanol–water partition coefficient (Wildman–Crippen LogP) is 1.05. The molecule has 19 heavy (non-hydrogen) atoms. The topological polar surface area (TPSA) is 85.8 Å². The number of hydrogen-bond donors (Lipinski definition) is 2. The molecule has 0 unspecified atom stereocenters.